The van der Waals surface area contributed by atoms with Crippen molar-refractivity contribution in [2.24, 2.45) is 0 Å². The summed E-state index contributed by atoms with van der Waals surface area (Å²) in [6, 6.07) is 3.60. The van der Waals surface area contributed by atoms with E-state index in [-0.39, 0.29) is 5.91 Å². The van der Waals surface area contributed by atoms with Crippen molar-refractivity contribution in [2.75, 3.05) is 5.32 Å². The minimum Gasteiger partial charge on any atom is -0.306 e. The van der Waals surface area contributed by atoms with E-state index in [1.54, 1.807) is 19.2 Å². The standard InChI is InChI=1S/C11H11BrN4O/c1-6-9(7(2)16-15-6)11(17)14-10-8(12)4-3-5-13-10/h3-5H,1-2H3,(H,15,16)(H,13,14,17). The summed E-state index contributed by atoms with van der Waals surface area (Å²) in [7, 11) is 0. The number of carbonyl (C=O) groups excluding carboxylic acids is 1. The van der Waals surface area contributed by atoms with E-state index in [4.69, 9.17) is 0 Å². The van der Waals surface area contributed by atoms with E-state index in [0.717, 1.165) is 10.2 Å². The van der Waals surface area contributed by atoms with Gasteiger partial charge in [0.1, 0.15) is 5.82 Å². The third-order valence-corrected chi connectivity index (χ3v) is 2.99. The number of nitrogens with one attached hydrogen (secondary N) is 2. The number of halogens is 1. The van der Waals surface area contributed by atoms with Crippen LogP contribution in [-0.4, -0.2) is 21.1 Å². The van der Waals surface area contributed by atoms with E-state index in [9.17, 15) is 4.79 Å². The molecular formula is C11H11BrN4O. The average Bonchev–Trinajstić information content (AvgIpc) is 2.62. The number of amides is 1. The fraction of sp³-hybridized carbons (Fsp3) is 0.182. The maximum atomic E-state index is 12.0. The van der Waals surface area contributed by atoms with Gasteiger partial charge in [0.15, 0.2) is 0 Å². The van der Waals surface area contributed by atoms with E-state index in [0.29, 0.717) is 17.1 Å². The van der Waals surface area contributed by atoms with Crippen molar-refractivity contribution in [3.8, 4) is 0 Å². The molecule has 0 aliphatic heterocycles. The summed E-state index contributed by atoms with van der Waals surface area (Å²) in [5, 5.41) is 9.50. The number of anilines is 1. The Hall–Kier alpha value is -1.69. The van der Waals surface area contributed by atoms with Crippen LogP contribution in [0.3, 0.4) is 0 Å². The zero-order valence-corrected chi connectivity index (χ0v) is 11.0. The van der Waals surface area contributed by atoms with Gasteiger partial charge in [-0.1, -0.05) is 0 Å². The van der Waals surface area contributed by atoms with Gasteiger partial charge in [0.2, 0.25) is 0 Å². The summed E-state index contributed by atoms with van der Waals surface area (Å²) < 4.78 is 0.743. The summed E-state index contributed by atoms with van der Waals surface area (Å²) in [5.74, 6) is 0.283. The first kappa shape index (κ1) is 11.8. The minimum absolute atomic E-state index is 0.215. The van der Waals surface area contributed by atoms with E-state index >= 15 is 0 Å². The number of hydrogen-bond acceptors (Lipinski definition) is 3. The number of pyridine rings is 1. The second-order valence-corrected chi connectivity index (χ2v) is 4.45. The summed E-state index contributed by atoms with van der Waals surface area (Å²) >= 11 is 3.32. The van der Waals surface area contributed by atoms with Gasteiger partial charge in [0, 0.05) is 11.9 Å². The highest BCUT2D eigenvalue weighted by atomic mass is 79.9. The molecule has 0 bridgehead atoms. The van der Waals surface area contributed by atoms with Crippen LogP contribution in [0.1, 0.15) is 21.7 Å². The van der Waals surface area contributed by atoms with Gasteiger partial charge in [-0.3, -0.25) is 9.89 Å². The molecule has 0 aromatic carbocycles. The third-order valence-electron chi connectivity index (χ3n) is 2.35. The van der Waals surface area contributed by atoms with Crippen molar-refractivity contribution in [1.29, 1.82) is 0 Å². The van der Waals surface area contributed by atoms with Crippen molar-refractivity contribution in [3.63, 3.8) is 0 Å². The quantitative estimate of drug-likeness (QED) is 0.894. The fourth-order valence-corrected chi connectivity index (χ4v) is 1.89. The van der Waals surface area contributed by atoms with Crippen LogP contribution in [0.25, 0.3) is 0 Å². The van der Waals surface area contributed by atoms with Gasteiger partial charge < -0.3 is 5.32 Å². The van der Waals surface area contributed by atoms with Gasteiger partial charge >= 0.3 is 0 Å². The number of aromatic amines is 1. The van der Waals surface area contributed by atoms with Crippen molar-refractivity contribution >= 4 is 27.7 Å². The molecule has 0 atom stereocenters. The van der Waals surface area contributed by atoms with Gasteiger partial charge in [-0.05, 0) is 41.9 Å². The van der Waals surface area contributed by atoms with Gasteiger partial charge in [-0.25, -0.2) is 4.98 Å². The van der Waals surface area contributed by atoms with Crippen molar-refractivity contribution in [3.05, 3.63) is 39.8 Å². The molecule has 0 saturated heterocycles. The first-order valence-electron chi connectivity index (χ1n) is 5.03. The van der Waals surface area contributed by atoms with E-state index in [1.165, 1.54) is 0 Å². The zero-order valence-electron chi connectivity index (χ0n) is 9.41. The summed E-state index contributed by atoms with van der Waals surface area (Å²) in [5.41, 5.74) is 1.97. The lowest BCUT2D eigenvalue weighted by Gasteiger charge is -2.05. The molecule has 0 fully saturated rings. The maximum absolute atomic E-state index is 12.0. The van der Waals surface area contributed by atoms with Crippen LogP contribution in [0.4, 0.5) is 5.82 Å². The summed E-state index contributed by atoms with van der Waals surface area (Å²) in [4.78, 5) is 16.1. The Labute approximate surface area is 107 Å². The van der Waals surface area contributed by atoms with Crippen LogP contribution in [0.2, 0.25) is 0 Å². The van der Waals surface area contributed by atoms with Crippen LogP contribution in [-0.2, 0) is 0 Å². The van der Waals surface area contributed by atoms with Gasteiger partial charge in [0.25, 0.3) is 5.91 Å². The maximum Gasteiger partial charge on any atom is 0.260 e. The Balaban J connectivity index is 2.27. The Kier molecular flexibility index (Phi) is 3.23. The topological polar surface area (TPSA) is 70.7 Å². The van der Waals surface area contributed by atoms with Crippen LogP contribution in [0.15, 0.2) is 22.8 Å². The molecule has 0 spiro atoms. The lowest BCUT2D eigenvalue weighted by molar-refractivity contribution is 0.102. The number of hydrogen-bond donors (Lipinski definition) is 2. The number of carbonyl (C=O) groups is 1. The minimum atomic E-state index is -0.215. The zero-order chi connectivity index (χ0) is 12.4. The molecule has 0 unspecified atom stereocenters. The summed E-state index contributed by atoms with van der Waals surface area (Å²) in [6.45, 7) is 3.59. The molecule has 2 heterocycles. The molecule has 2 rings (SSSR count). The average molecular weight is 295 g/mol. The number of H-pyrrole nitrogens is 1. The number of nitrogens with zero attached hydrogens (tertiary/aromatic N) is 2. The Morgan fingerprint density at radius 1 is 1.47 bits per heavy atom. The van der Waals surface area contributed by atoms with Crippen LogP contribution >= 0.6 is 15.9 Å². The van der Waals surface area contributed by atoms with Gasteiger partial charge in [0.05, 0.1) is 15.7 Å². The monoisotopic (exact) mass is 294 g/mol. The van der Waals surface area contributed by atoms with Gasteiger partial charge in [-0.15, -0.1) is 0 Å². The second-order valence-electron chi connectivity index (χ2n) is 3.60. The highest BCUT2D eigenvalue weighted by molar-refractivity contribution is 9.10. The molecule has 17 heavy (non-hydrogen) atoms. The predicted molar refractivity (Wildman–Crippen MR) is 68.0 cm³/mol. The Bertz CT molecular complexity index is 545. The normalized spacial score (nSPS) is 10.3. The second kappa shape index (κ2) is 4.67. The Morgan fingerprint density at radius 2 is 2.24 bits per heavy atom. The molecule has 0 saturated carbocycles. The van der Waals surface area contributed by atoms with Crippen molar-refractivity contribution in [1.82, 2.24) is 15.2 Å². The molecule has 0 aliphatic rings. The molecule has 2 aromatic rings. The summed E-state index contributed by atoms with van der Waals surface area (Å²) in [6.07, 6.45) is 1.62. The van der Waals surface area contributed by atoms with Crippen LogP contribution in [0.5, 0.6) is 0 Å². The van der Waals surface area contributed by atoms with E-state index in [1.807, 2.05) is 13.0 Å². The van der Waals surface area contributed by atoms with Crippen molar-refractivity contribution in [2.45, 2.75) is 13.8 Å². The highest BCUT2D eigenvalue weighted by Crippen LogP contribution is 2.20. The van der Waals surface area contributed by atoms with E-state index < -0.39 is 0 Å². The highest BCUT2D eigenvalue weighted by Gasteiger charge is 2.16. The molecule has 2 aromatic heterocycles. The molecule has 5 nitrogen and oxygen atoms in total. The lowest BCUT2D eigenvalue weighted by atomic mass is 10.2. The molecule has 1 amide bonds. The SMILES string of the molecule is Cc1n[nH]c(C)c1C(=O)Nc1ncccc1Br. The van der Waals surface area contributed by atoms with E-state index in [2.05, 4.69) is 36.4 Å². The molecular weight excluding hydrogens is 284 g/mol. The largest absolute Gasteiger partial charge is 0.306 e. The fourth-order valence-electron chi connectivity index (χ4n) is 1.53. The van der Waals surface area contributed by atoms with Gasteiger partial charge in [-0.2, -0.15) is 5.10 Å². The number of aromatic nitrogens is 3. The molecule has 0 aliphatic carbocycles. The lowest BCUT2D eigenvalue weighted by Crippen LogP contribution is -2.15. The first-order chi connectivity index (χ1) is 8.09. The van der Waals surface area contributed by atoms with Crippen LogP contribution in [0, 0.1) is 13.8 Å². The molecule has 2 N–H and O–H groups in total. The smallest absolute Gasteiger partial charge is 0.260 e. The molecule has 6 heteroatoms. The predicted octanol–water partition coefficient (Wildman–Crippen LogP) is 2.44. The Morgan fingerprint density at radius 3 is 2.82 bits per heavy atom. The van der Waals surface area contributed by atoms with Crippen LogP contribution < -0.4 is 5.32 Å². The number of aryl methyl sites for hydroxylation is 2. The third kappa shape index (κ3) is 2.36. The molecule has 0 radical (unpaired) electrons. The number of rotatable bonds is 2. The first-order valence-corrected chi connectivity index (χ1v) is 5.82. The molecule has 88 valence electrons. The van der Waals surface area contributed by atoms with Crippen molar-refractivity contribution < 1.29 is 4.79 Å².